The largest absolute Gasteiger partial charge is 0.481 e. The van der Waals surface area contributed by atoms with Gasteiger partial charge in [0.05, 0.1) is 25.7 Å². The average Bonchev–Trinajstić information content (AvgIpc) is 3.01. The first-order valence-electron chi connectivity index (χ1n) is 8.36. The Hall–Kier alpha value is -1.63. The van der Waals surface area contributed by atoms with Crippen LogP contribution in [-0.2, 0) is 19.1 Å². The zero-order valence-corrected chi connectivity index (χ0v) is 13.6. The number of rotatable bonds is 6. The minimum atomic E-state index is -0.944. The minimum Gasteiger partial charge on any atom is -0.481 e. The number of aliphatic carboxylic acids is 1. The molecule has 0 aromatic heterocycles. The van der Waals surface area contributed by atoms with E-state index in [2.05, 4.69) is 5.32 Å². The summed E-state index contributed by atoms with van der Waals surface area (Å²) in [5, 5.41) is 11.9. The highest BCUT2D eigenvalue weighted by Crippen LogP contribution is 2.24. The van der Waals surface area contributed by atoms with Gasteiger partial charge in [-0.3, -0.25) is 14.4 Å². The smallest absolute Gasteiger partial charge is 0.305 e. The van der Waals surface area contributed by atoms with Crippen LogP contribution in [0.5, 0.6) is 0 Å². The lowest BCUT2D eigenvalue weighted by atomic mass is 10.1. The predicted molar refractivity (Wildman–Crippen MR) is 82.8 cm³/mol. The first-order valence-corrected chi connectivity index (χ1v) is 8.36. The molecule has 0 spiro atoms. The molecule has 1 saturated heterocycles. The van der Waals surface area contributed by atoms with Crippen LogP contribution in [0, 0.1) is 5.92 Å². The van der Waals surface area contributed by atoms with Crippen LogP contribution in [0.1, 0.15) is 45.4 Å². The van der Waals surface area contributed by atoms with Crippen molar-refractivity contribution in [1.82, 2.24) is 10.2 Å². The fourth-order valence-electron chi connectivity index (χ4n) is 3.33. The highest BCUT2D eigenvalue weighted by Gasteiger charge is 2.30. The van der Waals surface area contributed by atoms with Gasteiger partial charge in [-0.2, -0.15) is 0 Å². The van der Waals surface area contributed by atoms with E-state index >= 15 is 0 Å². The molecule has 1 aliphatic heterocycles. The van der Waals surface area contributed by atoms with Gasteiger partial charge >= 0.3 is 5.97 Å². The standard InChI is InChI=1S/C16H26N2O5/c1-11(17-16(22)12-4-2-3-5-12)8-14(19)18-6-7-23-10-13(18)9-15(20)21/h11-13H,2-10H2,1H3,(H,17,22)(H,20,21). The molecule has 2 unspecified atom stereocenters. The van der Waals surface area contributed by atoms with E-state index in [9.17, 15) is 14.4 Å². The Morgan fingerprint density at radius 2 is 2.00 bits per heavy atom. The van der Waals surface area contributed by atoms with Crippen LogP contribution >= 0.6 is 0 Å². The summed E-state index contributed by atoms with van der Waals surface area (Å²) in [7, 11) is 0. The third-order valence-electron chi connectivity index (χ3n) is 4.55. The first kappa shape index (κ1) is 17.7. The number of carbonyl (C=O) groups is 3. The van der Waals surface area contributed by atoms with E-state index in [0.717, 1.165) is 25.7 Å². The Bertz CT molecular complexity index is 448. The van der Waals surface area contributed by atoms with Crippen LogP contribution < -0.4 is 5.32 Å². The zero-order valence-electron chi connectivity index (χ0n) is 13.6. The fourth-order valence-corrected chi connectivity index (χ4v) is 3.33. The second-order valence-corrected chi connectivity index (χ2v) is 6.51. The molecule has 7 nitrogen and oxygen atoms in total. The van der Waals surface area contributed by atoms with Crippen LogP contribution in [-0.4, -0.2) is 59.6 Å². The minimum absolute atomic E-state index is 0.0341. The van der Waals surface area contributed by atoms with Crippen molar-refractivity contribution in [2.24, 2.45) is 5.92 Å². The predicted octanol–water partition coefficient (Wildman–Crippen LogP) is 0.773. The third kappa shape index (κ3) is 5.20. The molecule has 2 rings (SSSR count). The monoisotopic (exact) mass is 326 g/mol. The van der Waals surface area contributed by atoms with Crippen LogP contribution in [0.15, 0.2) is 0 Å². The summed E-state index contributed by atoms with van der Waals surface area (Å²) >= 11 is 0. The molecule has 130 valence electrons. The molecule has 0 radical (unpaired) electrons. The van der Waals surface area contributed by atoms with Crippen molar-refractivity contribution in [2.45, 2.75) is 57.5 Å². The molecule has 1 aliphatic carbocycles. The average molecular weight is 326 g/mol. The molecular weight excluding hydrogens is 300 g/mol. The van der Waals surface area contributed by atoms with E-state index in [1.165, 1.54) is 0 Å². The van der Waals surface area contributed by atoms with E-state index in [1.54, 1.807) is 4.90 Å². The lowest BCUT2D eigenvalue weighted by Crippen LogP contribution is -2.51. The summed E-state index contributed by atoms with van der Waals surface area (Å²) in [5.41, 5.74) is 0. The normalized spacial score (nSPS) is 23.5. The first-order chi connectivity index (χ1) is 11.0. The van der Waals surface area contributed by atoms with Crippen molar-refractivity contribution >= 4 is 17.8 Å². The summed E-state index contributed by atoms with van der Waals surface area (Å²) in [6, 6.07) is -0.671. The second kappa shape index (κ2) is 8.29. The van der Waals surface area contributed by atoms with Gasteiger partial charge < -0.3 is 20.1 Å². The van der Waals surface area contributed by atoms with Crippen molar-refractivity contribution in [3.05, 3.63) is 0 Å². The molecule has 0 aromatic carbocycles. The van der Waals surface area contributed by atoms with Gasteiger partial charge in [0.1, 0.15) is 0 Å². The molecule has 1 saturated carbocycles. The van der Waals surface area contributed by atoms with E-state index in [1.807, 2.05) is 6.92 Å². The van der Waals surface area contributed by atoms with Gasteiger partial charge in [-0.05, 0) is 19.8 Å². The number of nitrogens with zero attached hydrogens (tertiary/aromatic N) is 1. The lowest BCUT2D eigenvalue weighted by molar-refractivity contribution is -0.146. The molecule has 1 heterocycles. The van der Waals surface area contributed by atoms with Gasteiger partial charge in [0, 0.05) is 24.9 Å². The molecule has 0 aromatic rings. The van der Waals surface area contributed by atoms with E-state index in [0.29, 0.717) is 13.2 Å². The number of carbonyl (C=O) groups excluding carboxylic acids is 2. The maximum absolute atomic E-state index is 12.4. The Labute approximate surface area is 136 Å². The van der Waals surface area contributed by atoms with Crippen LogP contribution in [0.3, 0.4) is 0 Å². The van der Waals surface area contributed by atoms with E-state index < -0.39 is 12.0 Å². The summed E-state index contributed by atoms with van der Waals surface area (Å²) in [4.78, 5) is 37.0. The number of amides is 2. The van der Waals surface area contributed by atoms with Gasteiger partial charge in [0.2, 0.25) is 11.8 Å². The van der Waals surface area contributed by atoms with Gasteiger partial charge in [-0.1, -0.05) is 12.8 Å². The quantitative estimate of drug-likeness (QED) is 0.752. The molecular formula is C16H26N2O5. The zero-order chi connectivity index (χ0) is 16.8. The molecule has 2 fully saturated rings. The number of carboxylic acids is 1. The lowest BCUT2D eigenvalue weighted by Gasteiger charge is -2.35. The van der Waals surface area contributed by atoms with Gasteiger partial charge in [0.25, 0.3) is 0 Å². The van der Waals surface area contributed by atoms with Gasteiger partial charge in [0.15, 0.2) is 0 Å². The number of carboxylic acid groups (broad SMARTS) is 1. The Morgan fingerprint density at radius 3 is 2.65 bits per heavy atom. The van der Waals surface area contributed by atoms with Gasteiger partial charge in [-0.25, -0.2) is 0 Å². The number of ether oxygens (including phenoxy) is 1. The van der Waals surface area contributed by atoms with Crippen molar-refractivity contribution in [2.75, 3.05) is 19.8 Å². The van der Waals surface area contributed by atoms with Crippen molar-refractivity contribution in [3.63, 3.8) is 0 Å². The number of hydrogen-bond acceptors (Lipinski definition) is 4. The maximum Gasteiger partial charge on any atom is 0.305 e. The number of hydrogen-bond donors (Lipinski definition) is 2. The molecule has 2 N–H and O–H groups in total. The van der Waals surface area contributed by atoms with E-state index in [-0.39, 0.29) is 43.2 Å². The van der Waals surface area contributed by atoms with Crippen molar-refractivity contribution in [3.8, 4) is 0 Å². The summed E-state index contributed by atoms with van der Waals surface area (Å²) in [6.07, 6.45) is 4.11. The Morgan fingerprint density at radius 1 is 1.30 bits per heavy atom. The van der Waals surface area contributed by atoms with Crippen molar-refractivity contribution in [1.29, 1.82) is 0 Å². The van der Waals surface area contributed by atoms with Crippen LogP contribution in [0.25, 0.3) is 0 Å². The van der Waals surface area contributed by atoms with Crippen LogP contribution in [0.2, 0.25) is 0 Å². The molecule has 2 amide bonds. The summed E-state index contributed by atoms with van der Waals surface area (Å²) < 4.78 is 5.27. The van der Waals surface area contributed by atoms with Gasteiger partial charge in [-0.15, -0.1) is 0 Å². The summed E-state index contributed by atoms with van der Waals surface area (Å²) in [5.74, 6) is -0.956. The van der Waals surface area contributed by atoms with Crippen molar-refractivity contribution < 1.29 is 24.2 Å². The molecule has 7 heteroatoms. The Balaban J connectivity index is 1.83. The third-order valence-corrected chi connectivity index (χ3v) is 4.55. The Kier molecular flexibility index (Phi) is 6.38. The molecule has 2 atom stereocenters. The fraction of sp³-hybridized carbons (Fsp3) is 0.812. The highest BCUT2D eigenvalue weighted by molar-refractivity contribution is 5.81. The number of morpholine rings is 1. The molecule has 0 bridgehead atoms. The topological polar surface area (TPSA) is 95.9 Å². The second-order valence-electron chi connectivity index (χ2n) is 6.51. The maximum atomic E-state index is 12.4. The molecule has 23 heavy (non-hydrogen) atoms. The number of nitrogens with one attached hydrogen (secondary N) is 1. The summed E-state index contributed by atoms with van der Waals surface area (Å²) in [6.45, 7) is 2.89. The molecule has 2 aliphatic rings. The highest BCUT2D eigenvalue weighted by atomic mass is 16.5. The SMILES string of the molecule is CC(CC(=O)N1CCOCC1CC(=O)O)NC(=O)C1CCCC1. The van der Waals surface area contributed by atoms with E-state index in [4.69, 9.17) is 9.84 Å². The van der Waals surface area contributed by atoms with Crippen LogP contribution in [0.4, 0.5) is 0 Å².